The van der Waals surface area contributed by atoms with Gasteiger partial charge in [0.1, 0.15) is 0 Å². The van der Waals surface area contributed by atoms with Gasteiger partial charge in [-0.3, -0.25) is 4.72 Å². The Morgan fingerprint density at radius 3 is 2.41 bits per heavy atom. The molecule has 1 rings (SSSR count). The summed E-state index contributed by atoms with van der Waals surface area (Å²) in [7, 11) is -3.31. The number of sulfonamides is 1. The first kappa shape index (κ1) is 26.0. The molecule has 8 heteroatoms. The van der Waals surface area contributed by atoms with Crippen LogP contribution in [-0.4, -0.2) is 33.2 Å². The van der Waals surface area contributed by atoms with E-state index in [1.54, 1.807) is 12.1 Å². The van der Waals surface area contributed by atoms with E-state index in [0.717, 1.165) is 36.7 Å². The lowest BCUT2D eigenvalue weighted by atomic mass is 10.0. The smallest absolute Gasteiger partial charge is 0.229 e. The highest BCUT2D eigenvalue weighted by atomic mass is 127. The summed E-state index contributed by atoms with van der Waals surface area (Å²) in [5.41, 5.74) is 1.40. The molecule has 0 aliphatic heterocycles. The molecule has 0 fully saturated rings. The molecular weight excluding hydrogens is 475 g/mol. The van der Waals surface area contributed by atoms with Crippen molar-refractivity contribution in [1.82, 2.24) is 10.6 Å². The number of aliphatic imine (C=N–C) groups is 1. The number of hydrogen-bond donors (Lipinski definition) is 3. The van der Waals surface area contributed by atoms with Gasteiger partial charge in [0, 0.05) is 12.6 Å². The number of halogens is 1. The fourth-order valence-electron chi connectivity index (χ4n) is 2.58. The highest BCUT2D eigenvalue weighted by Crippen LogP contribution is 2.17. The van der Waals surface area contributed by atoms with Crippen molar-refractivity contribution in [3.63, 3.8) is 0 Å². The van der Waals surface area contributed by atoms with Crippen LogP contribution in [0.1, 0.15) is 52.5 Å². The minimum absolute atomic E-state index is 0. The average molecular weight is 510 g/mol. The third-order valence-electron chi connectivity index (χ3n) is 3.87. The molecule has 0 saturated carbocycles. The summed E-state index contributed by atoms with van der Waals surface area (Å²) in [5.74, 6) is 1.47. The molecular formula is C19H35IN4O2S. The topological polar surface area (TPSA) is 82.6 Å². The van der Waals surface area contributed by atoms with Crippen molar-refractivity contribution < 1.29 is 8.42 Å². The van der Waals surface area contributed by atoms with E-state index in [9.17, 15) is 8.42 Å². The average Bonchev–Trinajstić information content (AvgIpc) is 2.52. The van der Waals surface area contributed by atoms with Crippen LogP contribution in [0.3, 0.4) is 0 Å². The van der Waals surface area contributed by atoms with Crippen LogP contribution in [0.4, 0.5) is 5.69 Å². The zero-order valence-electron chi connectivity index (χ0n) is 17.1. The van der Waals surface area contributed by atoms with Gasteiger partial charge < -0.3 is 10.6 Å². The summed E-state index contributed by atoms with van der Waals surface area (Å²) in [6, 6.07) is 7.65. The lowest BCUT2D eigenvalue weighted by Gasteiger charge is -2.18. The van der Waals surface area contributed by atoms with Crippen LogP contribution >= 0.6 is 24.0 Å². The fraction of sp³-hybridized carbons (Fsp3) is 0.632. The maximum absolute atomic E-state index is 11.5. The SMILES string of the molecule is CCNC(=NCc1ccccc1NS(C)(=O)=O)NC(C)CCCC(C)C.I. The summed E-state index contributed by atoms with van der Waals surface area (Å²) in [6.45, 7) is 9.84. The predicted octanol–water partition coefficient (Wildman–Crippen LogP) is 3.95. The van der Waals surface area contributed by atoms with Crippen LogP contribution in [0.5, 0.6) is 0 Å². The number of para-hydroxylation sites is 1. The van der Waals surface area contributed by atoms with Gasteiger partial charge in [0.05, 0.1) is 18.5 Å². The summed E-state index contributed by atoms with van der Waals surface area (Å²) >= 11 is 0. The monoisotopic (exact) mass is 510 g/mol. The van der Waals surface area contributed by atoms with Crippen LogP contribution in [0, 0.1) is 5.92 Å². The van der Waals surface area contributed by atoms with Crippen molar-refractivity contribution in [2.24, 2.45) is 10.9 Å². The molecule has 1 aromatic carbocycles. The molecule has 0 aromatic heterocycles. The molecule has 1 atom stereocenters. The Hall–Kier alpha value is -1.03. The first-order valence-corrected chi connectivity index (χ1v) is 11.2. The lowest BCUT2D eigenvalue weighted by Crippen LogP contribution is -2.42. The van der Waals surface area contributed by atoms with Gasteiger partial charge >= 0.3 is 0 Å². The number of rotatable bonds is 10. The Balaban J connectivity index is 0.00000676. The second-order valence-corrected chi connectivity index (χ2v) is 8.85. The second kappa shape index (κ2) is 13.2. The largest absolute Gasteiger partial charge is 0.357 e. The first-order valence-electron chi connectivity index (χ1n) is 9.31. The van der Waals surface area contributed by atoms with E-state index in [1.165, 1.54) is 12.8 Å². The van der Waals surface area contributed by atoms with Crippen LogP contribution in [0.2, 0.25) is 0 Å². The van der Waals surface area contributed by atoms with E-state index in [-0.39, 0.29) is 24.0 Å². The highest BCUT2D eigenvalue weighted by molar-refractivity contribution is 14.0. The molecule has 27 heavy (non-hydrogen) atoms. The zero-order valence-corrected chi connectivity index (χ0v) is 20.2. The molecule has 0 saturated heterocycles. The molecule has 3 N–H and O–H groups in total. The molecule has 6 nitrogen and oxygen atoms in total. The summed E-state index contributed by atoms with van der Waals surface area (Å²) in [5, 5.41) is 6.68. The predicted molar refractivity (Wildman–Crippen MR) is 126 cm³/mol. The Kier molecular flexibility index (Phi) is 12.7. The number of hydrogen-bond acceptors (Lipinski definition) is 3. The van der Waals surface area contributed by atoms with Gasteiger partial charge in [-0.2, -0.15) is 0 Å². The maximum Gasteiger partial charge on any atom is 0.229 e. The van der Waals surface area contributed by atoms with Crippen molar-refractivity contribution >= 4 is 45.6 Å². The fourth-order valence-corrected chi connectivity index (χ4v) is 3.18. The van der Waals surface area contributed by atoms with E-state index in [4.69, 9.17) is 0 Å². The van der Waals surface area contributed by atoms with E-state index < -0.39 is 10.0 Å². The molecule has 0 aliphatic rings. The Bertz CT molecular complexity index is 678. The molecule has 1 unspecified atom stereocenters. The number of nitrogens with zero attached hydrogens (tertiary/aromatic N) is 1. The second-order valence-electron chi connectivity index (χ2n) is 7.10. The molecule has 0 aliphatic carbocycles. The van der Waals surface area contributed by atoms with Gasteiger partial charge in [-0.15, -0.1) is 24.0 Å². The Labute approximate surface area is 182 Å². The van der Waals surface area contributed by atoms with Gasteiger partial charge in [0.2, 0.25) is 10.0 Å². The van der Waals surface area contributed by atoms with Crippen molar-refractivity contribution in [2.75, 3.05) is 17.5 Å². The van der Waals surface area contributed by atoms with Crippen LogP contribution in [0.25, 0.3) is 0 Å². The number of guanidine groups is 1. The minimum atomic E-state index is -3.31. The summed E-state index contributed by atoms with van der Waals surface area (Å²) < 4.78 is 25.6. The Morgan fingerprint density at radius 1 is 1.15 bits per heavy atom. The van der Waals surface area contributed by atoms with Crippen molar-refractivity contribution in [3.8, 4) is 0 Å². The third-order valence-corrected chi connectivity index (χ3v) is 4.46. The van der Waals surface area contributed by atoms with Crippen LogP contribution in [0.15, 0.2) is 29.3 Å². The maximum atomic E-state index is 11.5. The first-order chi connectivity index (χ1) is 12.2. The summed E-state index contributed by atoms with van der Waals surface area (Å²) in [6.07, 6.45) is 4.66. The highest BCUT2D eigenvalue weighted by Gasteiger charge is 2.09. The van der Waals surface area contributed by atoms with Crippen molar-refractivity contribution in [2.45, 2.75) is 59.5 Å². The number of benzene rings is 1. The van der Waals surface area contributed by atoms with E-state index >= 15 is 0 Å². The number of anilines is 1. The molecule has 0 heterocycles. The molecule has 0 bridgehead atoms. The van der Waals surface area contributed by atoms with Gasteiger partial charge in [-0.1, -0.05) is 44.9 Å². The molecule has 0 spiro atoms. The van der Waals surface area contributed by atoms with E-state index in [2.05, 4.69) is 41.1 Å². The molecule has 0 radical (unpaired) electrons. The van der Waals surface area contributed by atoms with Gasteiger partial charge in [0.25, 0.3) is 0 Å². The molecule has 0 amide bonds. The van der Waals surface area contributed by atoms with Crippen LogP contribution < -0.4 is 15.4 Å². The lowest BCUT2D eigenvalue weighted by molar-refractivity contribution is 0.491. The minimum Gasteiger partial charge on any atom is -0.357 e. The third kappa shape index (κ3) is 12.1. The van der Waals surface area contributed by atoms with Gasteiger partial charge in [-0.05, 0) is 37.8 Å². The van der Waals surface area contributed by atoms with E-state index in [0.29, 0.717) is 18.3 Å². The Morgan fingerprint density at radius 2 is 1.81 bits per heavy atom. The number of nitrogens with one attached hydrogen (secondary N) is 3. The van der Waals surface area contributed by atoms with Crippen LogP contribution in [-0.2, 0) is 16.6 Å². The van der Waals surface area contributed by atoms with E-state index in [1.807, 2.05) is 19.1 Å². The quantitative estimate of drug-likeness (QED) is 0.253. The van der Waals surface area contributed by atoms with Gasteiger partial charge in [-0.25, -0.2) is 13.4 Å². The molecule has 156 valence electrons. The van der Waals surface area contributed by atoms with Gasteiger partial charge in [0.15, 0.2) is 5.96 Å². The standard InChI is InChI=1S/C19H34N4O2S.HI/c1-6-20-19(22-16(4)11-9-10-15(2)3)21-14-17-12-7-8-13-18(17)23-26(5,24)25;/h7-8,12-13,15-16,23H,6,9-11,14H2,1-5H3,(H2,20,21,22);1H. The molecule has 1 aromatic rings. The summed E-state index contributed by atoms with van der Waals surface area (Å²) in [4.78, 5) is 4.62. The van der Waals surface area contributed by atoms with Crippen molar-refractivity contribution in [1.29, 1.82) is 0 Å². The van der Waals surface area contributed by atoms with Crippen molar-refractivity contribution in [3.05, 3.63) is 29.8 Å². The normalized spacial score (nSPS) is 13.0. The zero-order chi connectivity index (χ0) is 19.6.